The van der Waals surface area contributed by atoms with E-state index in [1.807, 2.05) is 43.3 Å². The summed E-state index contributed by atoms with van der Waals surface area (Å²) in [6.45, 7) is 0. The SMILES string of the molecule is CN(C)/C=C1\Oc2ccccc2N=C1Cl. The molecule has 0 aliphatic carbocycles. The van der Waals surface area contributed by atoms with Gasteiger partial charge in [-0.3, -0.25) is 0 Å². The summed E-state index contributed by atoms with van der Waals surface area (Å²) in [5.41, 5.74) is 0.762. The van der Waals surface area contributed by atoms with E-state index in [0.29, 0.717) is 10.9 Å². The fraction of sp³-hybridized carbons (Fsp3) is 0.182. The zero-order chi connectivity index (χ0) is 10.8. The van der Waals surface area contributed by atoms with E-state index < -0.39 is 0 Å². The Labute approximate surface area is 93.6 Å². The van der Waals surface area contributed by atoms with Gasteiger partial charge in [-0.25, -0.2) is 4.99 Å². The minimum Gasteiger partial charge on any atom is -0.450 e. The molecule has 1 aliphatic heterocycles. The van der Waals surface area contributed by atoms with Gasteiger partial charge in [0.2, 0.25) is 0 Å². The van der Waals surface area contributed by atoms with E-state index in [1.165, 1.54) is 0 Å². The Hall–Kier alpha value is -1.48. The van der Waals surface area contributed by atoms with Gasteiger partial charge in [-0.1, -0.05) is 23.7 Å². The molecule has 0 saturated carbocycles. The van der Waals surface area contributed by atoms with Crippen molar-refractivity contribution in [2.75, 3.05) is 14.1 Å². The molecule has 1 aromatic rings. The predicted octanol–water partition coefficient (Wildman–Crippen LogP) is 2.75. The molecule has 1 aliphatic rings. The number of benzene rings is 1. The molecule has 0 amide bonds. The number of allylic oxidation sites excluding steroid dienone is 1. The van der Waals surface area contributed by atoms with Crippen LogP contribution in [0.4, 0.5) is 5.69 Å². The van der Waals surface area contributed by atoms with Crippen LogP contribution in [-0.2, 0) is 0 Å². The lowest BCUT2D eigenvalue weighted by Gasteiger charge is -2.17. The molecule has 78 valence electrons. The summed E-state index contributed by atoms with van der Waals surface area (Å²) >= 11 is 5.98. The van der Waals surface area contributed by atoms with Crippen LogP contribution in [0.15, 0.2) is 41.2 Å². The van der Waals surface area contributed by atoms with Crippen LogP contribution in [0.1, 0.15) is 0 Å². The maximum absolute atomic E-state index is 5.98. The van der Waals surface area contributed by atoms with Crippen LogP contribution in [0.25, 0.3) is 0 Å². The van der Waals surface area contributed by atoms with Crippen LogP contribution in [0.2, 0.25) is 0 Å². The molecule has 0 fully saturated rings. The number of fused-ring (bicyclic) bond motifs is 1. The second-order valence-electron chi connectivity index (χ2n) is 3.43. The minimum atomic E-state index is 0.377. The molecule has 0 bridgehead atoms. The maximum atomic E-state index is 5.98. The number of hydrogen-bond acceptors (Lipinski definition) is 3. The van der Waals surface area contributed by atoms with Crippen LogP contribution in [0, 0.1) is 0 Å². The van der Waals surface area contributed by atoms with Gasteiger partial charge in [0.15, 0.2) is 16.7 Å². The van der Waals surface area contributed by atoms with Gasteiger partial charge in [0, 0.05) is 20.3 Å². The Bertz CT molecular complexity index is 438. The van der Waals surface area contributed by atoms with Crippen molar-refractivity contribution in [3.8, 4) is 5.75 Å². The zero-order valence-electron chi connectivity index (χ0n) is 8.57. The van der Waals surface area contributed by atoms with E-state index in [9.17, 15) is 0 Å². The Morgan fingerprint density at radius 2 is 2.07 bits per heavy atom. The van der Waals surface area contributed by atoms with E-state index in [0.717, 1.165) is 11.4 Å². The first-order valence-electron chi connectivity index (χ1n) is 4.56. The standard InChI is InChI=1S/C11H11ClN2O/c1-14(2)7-10-11(12)13-8-5-3-4-6-9(8)15-10/h3-7H,1-2H3/b10-7-. The van der Waals surface area contributed by atoms with Crippen molar-refractivity contribution in [3.05, 3.63) is 36.2 Å². The van der Waals surface area contributed by atoms with Gasteiger partial charge in [0.05, 0.1) is 0 Å². The Morgan fingerprint density at radius 3 is 2.80 bits per heavy atom. The Balaban J connectivity index is 2.40. The van der Waals surface area contributed by atoms with E-state index >= 15 is 0 Å². The lowest BCUT2D eigenvalue weighted by molar-refractivity contribution is 0.428. The summed E-state index contributed by atoms with van der Waals surface area (Å²) in [5.74, 6) is 1.30. The van der Waals surface area contributed by atoms with Gasteiger partial charge in [-0.05, 0) is 12.1 Å². The number of rotatable bonds is 1. The molecule has 0 spiro atoms. The molecule has 4 heteroatoms. The van der Waals surface area contributed by atoms with Crippen LogP contribution >= 0.6 is 11.6 Å². The van der Waals surface area contributed by atoms with E-state index in [4.69, 9.17) is 16.3 Å². The molecule has 0 aromatic heterocycles. The summed E-state index contributed by atoms with van der Waals surface area (Å²) < 4.78 is 5.61. The van der Waals surface area contributed by atoms with Crippen molar-refractivity contribution in [2.24, 2.45) is 4.99 Å². The highest BCUT2D eigenvalue weighted by atomic mass is 35.5. The highest BCUT2D eigenvalue weighted by molar-refractivity contribution is 6.69. The maximum Gasteiger partial charge on any atom is 0.180 e. The minimum absolute atomic E-state index is 0.377. The molecule has 1 heterocycles. The Morgan fingerprint density at radius 1 is 1.33 bits per heavy atom. The first-order valence-corrected chi connectivity index (χ1v) is 4.94. The average molecular weight is 223 g/mol. The van der Waals surface area contributed by atoms with Crippen LogP contribution in [-0.4, -0.2) is 24.2 Å². The Kier molecular flexibility index (Phi) is 2.64. The summed E-state index contributed by atoms with van der Waals surface area (Å²) in [7, 11) is 3.81. The molecule has 0 N–H and O–H groups in total. The van der Waals surface area contributed by atoms with Crippen molar-refractivity contribution in [1.82, 2.24) is 4.90 Å². The smallest absolute Gasteiger partial charge is 0.180 e. The molecule has 0 saturated heterocycles. The third-order valence-corrected chi connectivity index (χ3v) is 2.15. The van der Waals surface area contributed by atoms with Crippen molar-refractivity contribution in [3.63, 3.8) is 0 Å². The van der Waals surface area contributed by atoms with Gasteiger partial charge in [0.25, 0.3) is 0 Å². The topological polar surface area (TPSA) is 24.8 Å². The molecule has 3 nitrogen and oxygen atoms in total. The molecule has 0 unspecified atom stereocenters. The van der Waals surface area contributed by atoms with Crippen molar-refractivity contribution >= 4 is 22.5 Å². The van der Waals surface area contributed by atoms with Crippen molar-refractivity contribution in [2.45, 2.75) is 0 Å². The first kappa shape index (κ1) is 10.1. The van der Waals surface area contributed by atoms with E-state index in [1.54, 1.807) is 6.20 Å². The van der Waals surface area contributed by atoms with Gasteiger partial charge in [-0.15, -0.1) is 0 Å². The van der Waals surface area contributed by atoms with E-state index in [-0.39, 0.29) is 0 Å². The number of halogens is 1. The zero-order valence-corrected chi connectivity index (χ0v) is 9.32. The summed E-state index contributed by atoms with van der Waals surface area (Å²) in [6, 6.07) is 7.53. The number of para-hydroxylation sites is 2. The van der Waals surface area contributed by atoms with Gasteiger partial charge in [0.1, 0.15) is 5.69 Å². The fourth-order valence-corrected chi connectivity index (χ4v) is 1.45. The average Bonchev–Trinajstić information content (AvgIpc) is 2.18. The second-order valence-corrected chi connectivity index (χ2v) is 3.79. The molecule has 0 radical (unpaired) electrons. The normalized spacial score (nSPS) is 16.7. The van der Waals surface area contributed by atoms with Gasteiger partial charge >= 0.3 is 0 Å². The quantitative estimate of drug-likeness (QED) is 0.730. The van der Waals surface area contributed by atoms with Crippen molar-refractivity contribution < 1.29 is 4.74 Å². The third-order valence-electron chi connectivity index (χ3n) is 1.88. The number of hydrogen-bond donors (Lipinski definition) is 0. The molecule has 15 heavy (non-hydrogen) atoms. The second kappa shape index (κ2) is 3.95. The largest absolute Gasteiger partial charge is 0.450 e. The number of aliphatic imine (C=N–C) groups is 1. The highest BCUT2D eigenvalue weighted by Gasteiger charge is 2.16. The third kappa shape index (κ3) is 2.13. The predicted molar refractivity (Wildman–Crippen MR) is 61.8 cm³/mol. The molecular formula is C11H11ClN2O. The van der Waals surface area contributed by atoms with E-state index in [2.05, 4.69) is 4.99 Å². The molecule has 2 rings (SSSR count). The van der Waals surface area contributed by atoms with Crippen LogP contribution < -0.4 is 4.74 Å². The lowest BCUT2D eigenvalue weighted by Crippen LogP contribution is -2.12. The summed E-state index contributed by atoms with van der Waals surface area (Å²) in [5, 5.41) is 0.377. The number of ether oxygens (including phenoxy) is 1. The van der Waals surface area contributed by atoms with Crippen LogP contribution in [0.5, 0.6) is 5.75 Å². The molecule has 1 aromatic carbocycles. The summed E-state index contributed by atoms with van der Waals surface area (Å²) in [6.07, 6.45) is 1.79. The fourth-order valence-electron chi connectivity index (χ4n) is 1.27. The molecule has 0 atom stereocenters. The van der Waals surface area contributed by atoms with Gasteiger partial charge < -0.3 is 9.64 Å². The highest BCUT2D eigenvalue weighted by Crippen LogP contribution is 2.33. The first-order chi connectivity index (χ1) is 7.16. The molecular weight excluding hydrogens is 212 g/mol. The monoisotopic (exact) mass is 222 g/mol. The van der Waals surface area contributed by atoms with Gasteiger partial charge in [-0.2, -0.15) is 0 Å². The summed E-state index contributed by atoms with van der Waals surface area (Å²) in [4.78, 5) is 6.10. The lowest BCUT2D eigenvalue weighted by atomic mass is 10.3. The van der Waals surface area contributed by atoms with Crippen LogP contribution in [0.3, 0.4) is 0 Å². The van der Waals surface area contributed by atoms with Crippen molar-refractivity contribution in [1.29, 1.82) is 0 Å². The number of nitrogens with zero attached hydrogens (tertiary/aromatic N) is 2.